The Morgan fingerprint density at radius 1 is 1.14 bits per heavy atom. The first kappa shape index (κ1) is 15.1. The number of aryl methyl sites for hydroxylation is 1. The van der Waals surface area contributed by atoms with Crippen LogP contribution in [0.1, 0.15) is 6.42 Å². The zero-order valence-electron chi connectivity index (χ0n) is 12.4. The number of hydrogen-bond donors (Lipinski definition) is 0. The molecule has 1 saturated heterocycles. The molecular formula is C16H19BrN4O. The number of para-hydroxylation sites is 1. The highest BCUT2D eigenvalue weighted by Crippen LogP contribution is 2.16. The quantitative estimate of drug-likeness (QED) is 0.838. The monoisotopic (exact) mass is 362 g/mol. The number of rotatable bonds is 4. The first-order chi connectivity index (χ1) is 10.7. The molecule has 1 aliphatic rings. The van der Waals surface area contributed by atoms with Crippen molar-refractivity contribution in [2.45, 2.75) is 13.0 Å². The molecule has 0 aliphatic carbocycles. The number of nitrogens with zero attached hydrogens (tertiary/aromatic N) is 4. The minimum Gasteiger partial charge on any atom is -0.368 e. The van der Waals surface area contributed by atoms with E-state index in [9.17, 15) is 4.79 Å². The minimum absolute atomic E-state index is 0.208. The van der Waals surface area contributed by atoms with Crippen LogP contribution in [0.2, 0.25) is 0 Å². The molecule has 0 N–H and O–H groups in total. The Bertz CT molecular complexity index is 620. The van der Waals surface area contributed by atoms with E-state index in [1.165, 1.54) is 5.69 Å². The largest absolute Gasteiger partial charge is 0.368 e. The lowest BCUT2D eigenvalue weighted by molar-refractivity contribution is -0.131. The van der Waals surface area contributed by atoms with Gasteiger partial charge in [-0.1, -0.05) is 18.2 Å². The van der Waals surface area contributed by atoms with Crippen molar-refractivity contribution in [1.29, 1.82) is 0 Å². The molecule has 0 saturated carbocycles. The van der Waals surface area contributed by atoms with Crippen LogP contribution >= 0.6 is 15.9 Å². The van der Waals surface area contributed by atoms with Crippen LogP contribution in [0, 0.1) is 0 Å². The summed E-state index contributed by atoms with van der Waals surface area (Å²) in [5, 5.41) is 4.18. The van der Waals surface area contributed by atoms with E-state index in [0.717, 1.165) is 30.7 Å². The van der Waals surface area contributed by atoms with Gasteiger partial charge in [0.1, 0.15) is 0 Å². The van der Waals surface area contributed by atoms with Gasteiger partial charge in [0, 0.05) is 51.0 Å². The highest BCUT2D eigenvalue weighted by molar-refractivity contribution is 9.10. The van der Waals surface area contributed by atoms with Crippen molar-refractivity contribution < 1.29 is 4.79 Å². The van der Waals surface area contributed by atoms with Gasteiger partial charge in [0.25, 0.3) is 0 Å². The summed E-state index contributed by atoms with van der Waals surface area (Å²) in [6, 6.07) is 10.4. The standard InChI is InChI=1S/C16H19BrN4O/c17-14-12-18-21(13-14)7-6-16(22)20-10-8-19(9-11-20)15-4-2-1-3-5-15/h1-5,12-13H,6-11H2. The fraction of sp³-hybridized carbons (Fsp3) is 0.375. The van der Waals surface area contributed by atoms with Crippen LogP contribution in [0.5, 0.6) is 0 Å². The predicted molar refractivity (Wildman–Crippen MR) is 89.8 cm³/mol. The molecule has 1 aromatic heterocycles. The van der Waals surface area contributed by atoms with Crippen LogP contribution in [-0.4, -0.2) is 46.8 Å². The van der Waals surface area contributed by atoms with Gasteiger partial charge in [-0.15, -0.1) is 0 Å². The second-order valence-electron chi connectivity index (χ2n) is 5.38. The third-order valence-electron chi connectivity index (χ3n) is 3.91. The van der Waals surface area contributed by atoms with Crippen LogP contribution in [0.3, 0.4) is 0 Å². The van der Waals surface area contributed by atoms with Crippen molar-refractivity contribution >= 4 is 27.5 Å². The highest BCUT2D eigenvalue weighted by Gasteiger charge is 2.20. The van der Waals surface area contributed by atoms with Gasteiger partial charge in [-0.2, -0.15) is 5.10 Å². The molecule has 0 spiro atoms. The summed E-state index contributed by atoms with van der Waals surface area (Å²) >= 11 is 3.36. The molecule has 0 atom stereocenters. The number of anilines is 1. The van der Waals surface area contributed by atoms with Crippen LogP contribution < -0.4 is 4.90 Å². The van der Waals surface area contributed by atoms with Crippen molar-refractivity contribution in [3.8, 4) is 0 Å². The maximum absolute atomic E-state index is 12.3. The van der Waals surface area contributed by atoms with E-state index < -0.39 is 0 Å². The predicted octanol–water partition coefficient (Wildman–Crippen LogP) is 2.38. The van der Waals surface area contributed by atoms with Crippen LogP contribution in [0.25, 0.3) is 0 Å². The molecule has 2 aromatic rings. The molecule has 1 aromatic carbocycles. The van der Waals surface area contributed by atoms with Gasteiger partial charge >= 0.3 is 0 Å². The van der Waals surface area contributed by atoms with Gasteiger partial charge in [0.15, 0.2) is 0 Å². The Morgan fingerprint density at radius 3 is 2.50 bits per heavy atom. The summed E-state index contributed by atoms with van der Waals surface area (Å²) in [5.74, 6) is 0.208. The lowest BCUT2D eigenvalue weighted by Crippen LogP contribution is -2.48. The number of aromatic nitrogens is 2. The third-order valence-corrected chi connectivity index (χ3v) is 4.32. The zero-order chi connectivity index (χ0) is 15.4. The molecule has 0 radical (unpaired) electrons. The van der Waals surface area contributed by atoms with E-state index in [1.54, 1.807) is 10.9 Å². The molecule has 5 nitrogen and oxygen atoms in total. The third kappa shape index (κ3) is 3.68. The second-order valence-corrected chi connectivity index (χ2v) is 6.29. The maximum atomic E-state index is 12.3. The molecular weight excluding hydrogens is 344 g/mol. The molecule has 1 aliphatic heterocycles. The second kappa shape index (κ2) is 6.96. The lowest BCUT2D eigenvalue weighted by Gasteiger charge is -2.36. The van der Waals surface area contributed by atoms with Crippen molar-refractivity contribution in [3.63, 3.8) is 0 Å². The molecule has 3 rings (SSSR count). The molecule has 6 heteroatoms. The first-order valence-corrected chi connectivity index (χ1v) is 8.27. The normalized spacial score (nSPS) is 15.1. The van der Waals surface area contributed by atoms with E-state index in [4.69, 9.17) is 0 Å². The average molecular weight is 363 g/mol. The van der Waals surface area contributed by atoms with Crippen molar-refractivity contribution in [2.24, 2.45) is 0 Å². The Balaban J connectivity index is 1.47. The van der Waals surface area contributed by atoms with Crippen LogP contribution in [-0.2, 0) is 11.3 Å². The van der Waals surface area contributed by atoms with Crippen molar-refractivity contribution in [1.82, 2.24) is 14.7 Å². The Morgan fingerprint density at radius 2 is 1.86 bits per heavy atom. The van der Waals surface area contributed by atoms with E-state index in [0.29, 0.717) is 13.0 Å². The molecule has 1 fully saturated rings. The number of carbonyl (C=O) groups is 1. The molecule has 116 valence electrons. The topological polar surface area (TPSA) is 41.4 Å². The fourth-order valence-corrected chi connectivity index (χ4v) is 3.01. The number of benzene rings is 1. The molecule has 22 heavy (non-hydrogen) atoms. The molecule has 2 heterocycles. The summed E-state index contributed by atoms with van der Waals surface area (Å²) in [5.41, 5.74) is 1.23. The van der Waals surface area contributed by atoms with Gasteiger partial charge in [-0.3, -0.25) is 9.48 Å². The Kier molecular flexibility index (Phi) is 4.77. The van der Waals surface area contributed by atoms with E-state index in [2.05, 4.69) is 50.2 Å². The zero-order valence-corrected chi connectivity index (χ0v) is 13.9. The van der Waals surface area contributed by atoms with Gasteiger partial charge < -0.3 is 9.80 Å². The summed E-state index contributed by atoms with van der Waals surface area (Å²) in [6.07, 6.45) is 4.13. The van der Waals surface area contributed by atoms with Crippen LogP contribution in [0.4, 0.5) is 5.69 Å². The van der Waals surface area contributed by atoms with E-state index in [1.807, 2.05) is 17.2 Å². The molecule has 1 amide bonds. The molecule has 0 bridgehead atoms. The minimum atomic E-state index is 0.208. The average Bonchev–Trinajstić information content (AvgIpc) is 2.99. The van der Waals surface area contributed by atoms with Gasteiger partial charge in [-0.05, 0) is 28.1 Å². The molecule has 0 unspecified atom stereocenters. The number of halogens is 1. The van der Waals surface area contributed by atoms with Gasteiger partial charge in [-0.25, -0.2) is 0 Å². The van der Waals surface area contributed by atoms with Crippen molar-refractivity contribution in [3.05, 3.63) is 47.2 Å². The Hall–Kier alpha value is -1.82. The first-order valence-electron chi connectivity index (χ1n) is 7.48. The summed E-state index contributed by atoms with van der Waals surface area (Å²) in [6.45, 7) is 3.99. The van der Waals surface area contributed by atoms with Gasteiger partial charge in [0.2, 0.25) is 5.91 Å². The SMILES string of the molecule is O=C(CCn1cc(Br)cn1)N1CCN(c2ccccc2)CC1. The summed E-state index contributed by atoms with van der Waals surface area (Å²) in [4.78, 5) is 16.6. The highest BCUT2D eigenvalue weighted by atomic mass is 79.9. The summed E-state index contributed by atoms with van der Waals surface area (Å²) < 4.78 is 2.73. The van der Waals surface area contributed by atoms with Gasteiger partial charge in [0.05, 0.1) is 10.7 Å². The number of carbonyl (C=O) groups excluding carboxylic acids is 1. The number of piperazine rings is 1. The number of amides is 1. The fourth-order valence-electron chi connectivity index (χ4n) is 2.68. The van der Waals surface area contributed by atoms with Crippen LogP contribution in [0.15, 0.2) is 47.2 Å². The summed E-state index contributed by atoms with van der Waals surface area (Å²) in [7, 11) is 0. The smallest absolute Gasteiger partial charge is 0.224 e. The Labute approximate surface area is 138 Å². The van der Waals surface area contributed by atoms with E-state index >= 15 is 0 Å². The van der Waals surface area contributed by atoms with E-state index in [-0.39, 0.29) is 5.91 Å². The number of hydrogen-bond acceptors (Lipinski definition) is 3. The van der Waals surface area contributed by atoms with Crippen molar-refractivity contribution in [2.75, 3.05) is 31.1 Å². The maximum Gasteiger partial charge on any atom is 0.224 e. The lowest BCUT2D eigenvalue weighted by atomic mass is 10.2.